The van der Waals surface area contributed by atoms with Crippen LogP contribution in [0.1, 0.15) is 0 Å². The molecule has 2 aromatic rings. The van der Waals surface area contributed by atoms with Crippen molar-refractivity contribution in [3.63, 3.8) is 0 Å². The van der Waals surface area contributed by atoms with Gasteiger partial charge in [0, 0.05) is 12.1 Å². The summed E-state index contributed by atoms with van der Waals surface area (Å²) in [7, 11) is 0. The molecule has 0 bridgehead atoms. The van der Waals surface area contributed by atoms with Gasteiger partial charge in [-0.15, -0.1) is 10.2 Å². The lowest BCUT2D eigenvalue weighted by Gasteiger charge is -2.10. The molecule has 0 aliphatic heterocycles. The first kappa shape index (κ1) is 13.8. The van der Waals surface area contributed by atoms with E-state index in [9.17, 15) is 17.6 Å². The van der Waals surface area contributed by atoms with Crippen molar-refractivity contribution < 1.29 is 17.6 Å². The van der Waals surface area contributed by atoms with Gasteiger partial charge in [0.15, 0.2) is 33.6 Å². The molecule has 0 atom stereocenters. The summed E-state index contributed by atoms with van der Waals surface area (Å²) >= 11 is 11.1. The maximum Gasteiger partial charge on any atom is 0.185 e. The molecule has 1 N–H and O–H groups in total. The van der Waals surface area contributed by atoms with E-state index in [4.69, 9.17) is 23.2 Å². The first-order valence-corrected chi connectivity index (χ1v) is 5.44. The summed E-state index contributed by atoms with van der Waals surface area (Å²) in [5.74, 6) is -6.29. The summed E-state index contributed by atoms with van der Waals surface area (Å²) in [6, 6.07) is 1.19. The molecule has 0 aliphatic rings. The van der Waals surface area contributed by atoms with Crippen LogP contribution in [0.4, 0.5) is 28.9 Å². The average Bonchev–Trinajstić information content (AvgIpc) is 2.36. The van der Waals surface area contributed by atoms with E-state index in [0.29, 0.717) is 0 Å². The number of aromatic nitrogens is 2. The van der Waals surface area contributed by atoms with E-state index in [0.717, 1.165) is 6.07 Å². The van der Waals surface area contributed by atoms with Crippen molar-refractivity contribution in [2.75, 3.05) is 5.32 Å². The smallest absolute Gasteiger partial charge is 0.185 e. The lowest BCUT2D eigenvalue weighted by atomic mass is 10.2. The largest absolute Gasteiger partial charge is 0.348 e. The van der Waals surface area contributed by atoms with Crippen LogP contribution in [-0.2, 0) is 0 Å². The van der Waals surface area contributed by atoms with E-state index >= 15 is 0 Å². The summed E-state index contributed by atoms with van der Waals surface area (Å²) < 4.78 is 52.8. The number of rotatable bonds is 2. The van der Waals surface area contributed by atoms with Gasteiger partial charge in [-0.05, 0) is 0 Å². The second-order valence-corrected chi connectivity index (χ2v) is 4.08. The summed E-state index contributed by atoms with van der Waals surface area (Å²) in [4.78, 5) is 0. The van der Waals surface area contributed by atoms with Crippen LogP contribution in [-0.4, -0.2) is 10.2 Å². The van der Waals surface area contributed by atoms with E-state index in [1.165, 1.54) is 0 Å². The molecule has 9 heteroatoms. The maximum atomic E-state index is 13.4. The van der Waals surface area contributed by atoms with Crippen molar-refractivity contribution in [3.05, 3.63) is 45.7 Å². The van der Waals surface area contributed by atoms with Gasteiger partial charge in [0.05, 0.1) is 5.69 Å². The van der Waals surface area contributed by atoms with Crippen molar-refractivity contribution in [3.8, 4) is 0 Å². The van der Waals surface area contributed by atoms with E-state index < -0.39 is 29.0 Å². The maximum absolute atomic E-state index is 13.4. The molecule has 2 rings (SSSR count). The van der Waals surface area contributed by atoms with Crippen LogP contribution >= 0.6 is 23.2 Å². The normalized spacial score (nSPS) is 10.6. The molecule has 0 unspecified atom stereocenters. The van der Waals surface area contributed by atoms with E-state index in [1.807, 2.05) is 0 Å². The van der Waals surface area contributed by atoms with Crippen molar-refractivity contribution in [2.45, 2.75) is 0 Å². The molecule has 1 aromatic heterocycles. The van der Waals surface area contributed by atoms with Gasteiger partial charge >= 0.3 is 0 Å². The van der Waals surface area contributed by atoms with Crippen LogP contribution in [0.3, 0.4) is 0 Å². The first-order chi connectivity index (χ1) is 8.90. The fourth-order valence-corrected chi connectivity index (χ4v) is 1.54. The highest BCUT2D eigenvalue weighted by Gasteiger charge is 2.20. The van der Waals surface area contributed by atoms with Crippen LogP contribution in [0.2, 0.25) is 10.3 Å². The highest BCUT2D eigenvalue weighted by atomic mass is 35.5. The minimum Gasteiger partial charge on any atom is -0.348 e. The molecule has 0 radical (unpaired) electrons. The van der Waals surface area contributed by atoms with Gasteiger partial charge < -0.3 is 5.32 Å². The molecule has 3 nitrogen and oxygen atoms in total. The van der Waals surface area contributed by atoms with Crippen molar-refractivity contribution >= 4 is 34.6 Å². The van der Waals surface area contributed by atoms with Gasteiger partial charge in [-0.25, -0.2) is 17.6 Å². The van der Waals surface area contributed by atoms with Crippen molar-refractivity contribution in [1.82, 2.24) is 10.2 Å². The van der Waals surface area contributed by atoms with Gasteiger partial charge in [0.25, 0.3) is 0 Å². The number of nitrogens with zero attached hydrogens (tertiary/aromatic N) is 2. The second-order valence-electron chi connectivity index (χ2n) is 3.34. The summed E-state index contributed by atoms with van der Waals surface area (Å²) in [6.07, 6.45) is 0. The van der Waals surface area contributed by atoms with Crippen LogP contribution in [0.5, 0.6) is 0 Å². The third-order valence-electron chi connectivity index (χ3n) is 2.09. The molecule has 100 valence electrons. The summed E-state index contributed by atoms with van der Waals surface area (Å²) in [6.45, 7) is 0. The number of benzene rings is 1. The molecule has 0 spiro atoms. The Bertz CT molecular complexity index is 625. The molecule has 1 heterocycles. The number of nitrogens with one attached hydrogen (secondary N) is 1. The van der Waals surface area contributed by atoms with Gasteiger partial charge in [-0.2, -0.15) is 0 Å². The fourth-order valence-electron chi connectivity index (χ4n) is 1.26. The summed E-state index contributed by atoms with van der Waals surface area (Å²) in [5.41, 5.74) is -1.19. The SMILES string of the molecule is Fc1cc(F)c(F)c(Nc2cc(Cl)nnc2Cl)c1F. The van der Waals surface area contributed by atoms with Gasteiger partial charge in [0.1, 0.15) is 5.69 Å². The monoisotopic (exact) mass is 311 g/mol. The van der Waals surface area contributed by atoms with Crippen LogP contribution in [0.15, 0.2) is 12.1 Å². The molecule has 0 fully saturated rings. The standard InChI is InChI=1S/C10H3Cl2F4N3/c11-6-2-5(10(12)19-18-6)17-9-7(15)3(13)1-4(14)8(9)16/h1-2H,(H,17,18). The van der Waals surface area contributed by atoms with Crippen LogP contribution in [0.25, 0.3) is 0 Å². The Kier molecular flexibility index (Phi) is 3.77. The van der Waals surface area contributed by atoms with Crippen LogP contribution < -0.4 is 5.32 Å². The zero-order valence-electron chi connectivity index (χ0n) is 8.82. The molecule has 0 saturated carbocycles. The molecule has 1 aromatic carbocycles. The zero-order chi connectivity index (χ0) is 14.2. The van der Waals surface area contributed by atoms with E-state index in [1.54, 1.807) is 0 Å². The van der Waals surface area contributed by atoms with E-state index in [2.05, 4.69) is 15.5 Å². The van der Waals surface area contributed by atoms with Gasteiger partial charge in [0.2, 0.25) is 0 Å². The Morgan fingerprint density at radius 1 is 0.895 bits per heavy atom. The number of hydrogen-bond donors (Lipinski definition) is 1. The average molecular weight is 312 g/mol. The van der Waals surface area contributed by atoms with Crippen LogP contribution in [0, 0.1) is 23.3 Å². The first-order valence-electron chi connectivity index (χ1n) is 4.69. The van der Waals surface area contributed by atoms with Gasteiger partial charge in [-0.1, -0.05) is 23.2 Å². The predicted octanol–water partition coefficient (Wildman–Crippen LogP) is 4.08. The number of halogens is 6. The molecule has 19 heavy (non-hydrogen) atoms. The molecule has 0 aliphatic carbocycles. The fraction of sp³-hybridized carbons (Fsp3) is 0. The second kappa shape index (κ2) is 5.18. The van der Waals surface area contributed by atoms with E-state index in [-0.39, 0.29) is 22.1 Å². The molecular weight excluding hydrogens is 309 g/mol. The minimum atomic E-state index is -1.59. The van der Waals surface area contributed by atoms with Crippen molar-refractivity contribution in [1.29, 1.82) is 0 Å². The highest BCUT2D eigenvalue weighted by molar-refractivity contribution is 6.33. The lowest BCUT2D eigenvalue weighted by molar-refractivity contribution is 0.459. The predicted molar refractivity (Wildman–Crippen MR) is 61.6 cm³/mol. The lowest BCUT2D eigenvalue weighted by Crippen LogP contribution is -2.04. The zero-order valence-corrected chi connectivity index (χ0v) is 10.3. The Morgan fingerprint density at radius 3 is 2.05 bits per heavy atom. The van der Waals surface area contributed by atoms with Gasteiger partial charge in [-0.3, -0.25) is 0 Å². The van der Waals surface area contributed by atoms with Crippen molar-refractivity contribution in [2.24, 2.45) is 0 Å². The Labute approximate surface area is 114 Å². The Morgan fingerprint density at radius 2 is 1.47 bits per heavy atom. The quantitative estimate of drug-likeness (QED) is 0.670. The Hall–Kier alpha value is -1.60. The third kappa shape index (κ3) is 2.71. The molecule has 0 saturated heterocycles. The number of hydrogen-bond acceptors (Lipinski definition) is 3. The minimum absolute atomic E-state index is 0.0925. The number of anilines is 2. The third-order valence-corrected chi connectivity index (χ3v) is 2.55. The molecule has 0 amide bonds. The Balaban J connectivity index is 2.52. The molecular formula is C10H3Cl2F4N3. The summed E-state index contributed by atoms with van der Waals surface area (Å²) in [5, 5.41) is 8.43. The highest BCUT2D eigenvalue weighted by Crippen LogP contribution is 2.30. The topological polar surface area (TPSA) is 37.8 Å².